The highest BCUT2D eigenvalue weighted by atomic mass is 32.2. The smallest absolute Gasteiger partial charge is 0.268 e. The van der Waals surface area contributed by atoms with Crippen LogP contribution in [0, 0.1) is 12.8 Å². The normalized spacial score (nSPS) is 17.3. The number of fused-ring (bicyclic) bond motifs is 1. The maximum absolute atomic E-state index is 12.7. The van der Waals surface area contributed by atoms with Crippen molar-refractivity contribution in [3.63, 3.8) is 0 Å². The van der Waals surface area contributed by atoms with Crippen LogP contribution in [-0.4, -0.2) is 27.9 Å². The molecule has 2 N–H and O–H groups in total. The highest BCUT2D eigenvalue weighted by Gasteiger charge is 2.31. The van der Waals surface area contributed by atoms with Crippen LogP contribution in [0.4, 0.5) is 5.69 Å². The van der Waals surface area contributed by atoms with Crippen LogP contribution in [0.5, 0.6) is 0 Å². The van der Waals surface area contributed by atoms with Crippen molar-refractivity contribution in [3.8, 4) is 11.1 Å². The summed E-state index contributed by atoms with van der Waals surface area (Å²) in [5.41, 5.74) is 9.12. The Morgan fingerprint density at radius 3 is 2.73 bits per heavy atom. The first-order valence-electron chi connectivity index (χ1n) is 8.90. The van der Waals surface area contributed by atoms with Gasteiger partial charge in [0.2, 0.25) is 0 Å². The van der Waals surface area contributed by atoms with Crippen LogP contribution in [-0.2, 0) is 17.5 Å². The van der Waals surface area contributed by atoms with E-state index in [9.17, 15) is 9.00 Å². The van der Waals surface area contributed by atoms with E-state index in [-0.39, 0.29) is 5.91 Å². The summed E-state index contributed by atoms with van der Waals surface area (Å²) in [6, 6.07) is 12.0. The van der Waals surface area contributed by atoms with Crippen molar-refractivity contribution < 1.29 is 9.00 Å². The molecule has 0 saturated heterocycles. The van der Waals surface area contributed by atoms with E-state index in [0.29, 0.717) is 6.54 Å². The fourth-order valence-electron chi connectivity index (χ4n) is 3.45. The molecule has 1 amide bonds. The van der Waals surface area contributed by atoms with Crippen molar-refractivity contribution in [1.82, 2.24) is 10.4 Å². The summed E-state index contributed by atoms with van der Waals surface area (Å²) in [6.45, 7) is 3.48. The van der Waals surface area contributed by atoms with Crippen LogP contribution in [0.25, 0.3) is 11.1 Å². The Labute approximate surface area is 156 Å². The summed E-state index contributed by atoms with van der Waals surface area (Å²) in [6.07, 6.45) is 4.14. The number of rotatable bonds is 6. The van der Waals surface area contributed by atoms with E-state index in [0.717, 1.165) is 46.0 Å². The van der Waals surface area contributed by atoms with E-state index >= 15 is 0 Å². The molecule has 2 aromatic rings. The van der Waals surface area contributed by atoms with Gasteiger partial charge in [-0.2, -0.15) is 0 Å². The summed E-state index contributed by atoms with van der Waals surface area (Å²) in [5, 5.41) is 1.75. The summed E-state index contributed by atoms with van der Waals surface area (Å²) in [4.78, 5) is 12.7. The molecule has 5 nitrogen and oxygen atoms in total. The predicted octanol–water partition coefficient (Wildman–Crippen LogP) is 3.24. The van der Waals surface area contributed by atoms with E-state index in [1.807, 2.05) is 31.2 Å². The first kappa shape index (κ1) is 17.2. The molecule has 1 fully saturated rings. The second kappa shape index (κ2) is 6.85. The number of hydrogen-bond donors (Lipinski definition) is 2. The summed E-state index contributed by atoms with van der Waals surface area (Å²) in [7, 11) is -1.11. The highest BCUT2D eigenvalue weighted by molar-refractivity contribution is 7.85. The monoisotopic (exact) mass is 369 g/mol. The van der Waals surface area contributed by atoms with E-state index < -0.39 is 11.0 Å². The van der Waals surface area contributed by atoms with Gasteiger partial charge in [-0.1, -0.05) is 18.2 Å². The summed E-state index contributed by atoms with van der Waals surface area (Å²) in [5.74, 6) is 0.795. The SMILES string of the molecule is Cc1cc(-c2cccc(NS(C)=O)c2)cc2c1C(=O)N(NCC1CC1)C2. The maximum Gasteiger partial charge on any atom is 0.268 e. The fraction of sp³-hybridized carbons (Fsp3) is 0.350. The molecule has 1 aliphatic heterocycles. The van der Waals surface area contributed by atoms with Crippen molar-refractivity contribution in [2.45, 2.75) is 26.3 Å². The Balaban J connectivity index is 1.61. The zero-order valence-corrected chi connectivity index (χ0v) is 15.9. The quantitative estimate of drug-likeness (QED) is 0.822. The molecule has 1 heterocycles. The van der Waals surface area contributed by atoms with Crippen molar-refractivity contribution in [3.05, 3.63) is 53.1 Å². The van der Waals surface area contributed by atoms with Gasteiger partial charge in [0.15, 0.2) is 0 Å². The van der Waals surface area contributed by atoms with Gasteiger partial charge in [-0.3, -0.25) is 9.80 Å². The number of carbonyl (C=O) groups excluding carboxylic acids is 1. The lowest BCUT2D eigenvalue weighted by atomic mass is 9.96. The number of carbonyl (C=O) groups is 1. The maximum atomic E-state index is 12.7. The van der Waals surface area contributed by atoms with Gasteiger partial charge in [-0.05, 0) is 66.1 Å². The van der Waals surface area contributed by atoms with Crippen LogP contribution < -0.4 is 10.1 Å². The number of benzene rings is 2. The Kier molecular flexibility index (Phi) is 4.54. The minimum absolute atomic E-state index is 0.0708. The molecule has 2 aromatic carbocycles. The fourth-order valence-corrected chi connectivity index (χ4v) is 3.91. The first-order valence-corrected chi connectivity index (χ1v) is 10.5. The minimum atomic E-state index is -1.11. The highest BCUT2D eigenvalue weighted by Crippen LogP contribution is 2.33. The molecule has 1 unspecified atom stereocenters. The minimum Gasteiger partial charge on any atom is -0.305 e. The van der Waals surface area contributed by atoms with Gasteiger partial charge in [0.25, 0.3) is 5.91 Å². The van der Waals surface area contributed by atoms with Crippen LogP contribution in [0.3, 0.4) is 0 Å². The number of amides is 1. The summed E-state index contributed by atoms with van der Waals surface area (Å²) < 4.78 is 14.3. The number of aryl methyl sites for hydroxylation is 1. The number of hydrogen-bond acceptors (Lipinski definition) is 3. The molecule has 0 spiro atoms. The average Bonchev–Trinajstić information content (AvgIpc) is 3.36. The lowest BCUT2D eigenvalue weighted by molar-refractivity contribution is 0.0680. The largest absolute Gasteiger partial charge is 0.305 e. The van der Waals surface area contributed by atoms with Crippen LogP contribution >= 0.6 is 0 Å². The molecule has 26 heavy (non-hydrogen) atoms. The third-order valence-corrected chi connectivity index (χ3v) is 5.45. The summed E-state index contributed by atoms with van der Waals surface area (Å²) >= 11 is 0. The van der Waals surface area contributed by atoms with E-state index in [2.05, 4.69) is 22.3 Å². The number of nitrogens with zero attached hydrogens (tertiary/aromatic N) is 1. The van der Waals surface area contributed by atoms with Crippen LogP contribution in [0.2, 0.25) is 0 Å². The second-order valence-corrected chi connectivity index (χ2v) is 8.27. The number of anilines is 1. The Morgan fingerprint density at radius 1 is 1.19 bits per heavy atom. The second-order valence-electron chi connectivity index (χ2n) is 7.16. The number of hydrazine groups is 1. The Bertz CT molecular complexity index is 893. The molecule has 2 aliphatic rings. The molecule has 0 bridgehead atoms. The molecule has 6 heteroatoms. The molecule has 136 valence electrons. The van der Waals surface area contributed by atoms with Crippen LogP contribution in [0.1, 0.15) is 34.3 Å². The van der Waals surface area contributed by atoms with Gasteiger partial charge in [0.1, 0.15) is 11.0 Å². The van der Waals surface area contributed by atoms with Gasteiger partial charge in [-0.25, -0.2) is 9.63 Å². The van der Waals surface area contributed by atoms with E-state index in [1.54, 1.807) is 11.3 Å². The third kappa shape index (κ3) is 3.52. The number of nitrogens with one attached hydrogen (secondary N) is 2. The van der Waals surface area contributed by atoms with Gasteiger partial charge in [-0.15, -0.1) is 0 Å². The van der Waals surface area contributed by atoms with Crippen molar-refractivity contribution in [1.29, 1.82) is 0 Å². The average molecular weight is 369 g/mol. The van der Waals surface area contributed by atoms with Crippen molar-refractivity contribution in [2.75, 3.05) is 17.5 Å². The Morgan fingerprint density at radius 2 is 2.00 bits per heavy atom. The Hall–Kier alpha value is -2.18. The van der Waals surface area contributed by atoms with Gasteiger partial charge < -0.3 is 4.72 Å². The standard InChI is InChI=1S/C20H23N3O2S/c1-13-8-16(15-4-3-5-18(10-15)22-26(2)25)9-17-12-23(20(24)19(13)17)21-11-14-6-7-14/h3-5,8-10,14,21-22H,6-7,11-12H2,1-2H3. The topological polar surface area (TPSA) is 61.4 Å². The lowest BCUT2D eigenvalue weighted by Gasteiger charge is -2.16. The third-order valence-electron chi connectivity index (χ3n) is 4.93. The van der Waals surface area contributed by atoms with Gasteiger partial charge in [0.05, 0.1) is 6.54 Å². The van der Waals surface area contributed by atoms with Gasteiger partial charge >= 0.3 is 0 Å². The first-order chi connectivity index (χ1) is 12.5. The molecule has 1 aliphatic carbocycles. The van der Waals surface area contributed by atoms with Crippen molar-refractivity contribution in [2.24, 2.45) is 5.92 Å². The van der Waals surface area contributed by atoms with E-state index in [1.165, 1.54) is 12.8 Å². The molecular weight excluding hydrogens is 346 g/mol. The molecule has 4 rings (SSSR count). The molecule has 1 atom stereocenters. The zero-order valence-electron chi connectivity index (χ0n) is 15.0. The zero-order chi connectivity index (χ0) is 18.3. The van der Waals surface area contributed by atoms with Gasteiger partial charge in [0, 0.05) is 24.1 Å². The van der Waals surface area contributed by atoms with Crippen LogP contribution in [0.15, 0.2) is 36.4 Å². The molecule has 1 saturated carbocycles. The lowest BCUT2D eigenvalue weighted by Crippen LogP contribution is -2.39. The predicted molar refractivity (Wildman–Crippen MR) is 105 cm³/mol. The molecule has 0 radical (unpaired) electrons. The van der Waals surface area contributed by atoms with E-state index in [4.69, 9.17) is 0 Å². The van der Waals surface area contributed by atoms with Crippen molar-refractivity contribution >= 4 is 22.6 Å². The molecule has 0 aromatic heterocycles. The molecular formula is C20H23N3O2S.